The van der Waals surface area contributed by atoms with Gasteiger partial charge in [0.25, 0.3) is 0 Å². The van der Waals surface area contributed by atoms with E-state index in [1.807, 2.05) is 0 Å². The van der Waals surface area contributed by atoms with Gasteiger partial charge in [-0.2, -0.15) is 5.10 Å². The van der Waals surface area contributed by atoms with Gasteiger partial charge in [0.2, 0.25) is 0 Å². The Kier molecular flexibility index (Phi) is 6.89. The number of urea groups is 1. The number of rotatable bonds is 8. The molecule has 130 valence electrons. The van der Waals surface area contributed by atoms with Gasteiger partial charge in [-0.1, -0.05) is 11.6 Å². The molecular weight excluding hydrogens is 332 g/mol. The summed E-state index contributed by atoms with van der Waals surface area (Å²) in [5.74, 6) is 1.21. The third kappa shape index (κ3) is 5.75. The van der Waals surface area contributed by atoms with Crippen LogP contribution in [0.1, 0.15) is 0 Å². The Balaban J connectivity index is 1.73. The average molecular weight is 353 g/mol. The number of likely N-dealkylation sites (N-methyl/N-ethyl adjacent to an activating group) is 1. The largest absolute Gasteiger partial charge is 0.492 e. The lowest BCUT2D eigenvalue weighted by Crippen LogP contribution is -2.34. The number of amides is 2. The Morgan fingerprint density at radius 2 is 2.04 bits per heavy atom. The highest BCUT2D eigenvalue weighted by Gasteiger charge is 2.10. The van der Waals surface area contributed by atoms with Gasteiger partial charge in [-0.25, -0.2) is 4.79 Å². The number of carbonyl (C=O) groups excluding carboxylic acids is 1. The van der Waals surface area contributed by atoms with Crippen molar-refractivity contribution in [3.63, 3.8) is 0 Å². The zero-order valence-electron chi connectivity index (χ0n) is 13.7. The van der Waals surface area contributed by atoms with E-state index in [4.69, 9.17) is 21.1 Å². The minimum Gasteiger partial charge on any atom is -0.492 e. The summed E-state index contributed by atoms with van der Waals surface area (Å²) in [6, 6.07) is 8.59. The van der Waals surface area contributed by atoms with Crippen molar-refractivity contribution in [1.82, 2.24) is 14.7 Å². The van der Waals surface area contributed by atoms with E-state index in [9.17, 15) is 4.79 Å². The summed E-state index contributed by atoms with van der Waals surface area (Å²) < 4.78 is 12.3. The zero-order valence-corrected chi connectivity index (χ0v) is 14.5. The first-order valence-electron chi connectivity index (χ1n) is 7.51. The van der Waals surface area contributed by atoms with E-state index in [1.54, 1.807) is 55.4 Å². The summed E-state index contributed by atoms with van der Waals surface area (Å²) in [7, 11) is 3.33. The van der Waals surface area contributed by atoms with Crippen LogP contribution in [0.15, 0.2) is 36.5 Å². The number of halogens is 1. The predicted molar refractivity (Wildman–Crippen MR) is 92.7 cm³/mol. The number of nitrogens with one attached hydrogen (secondary N) is 1. The Labute approximate surface area is 146 Å². The Morgan fingerprint density at radius 3 is 2.75 bits per heavy atom. The lowest BCUT2D eigenvalue weighted by atomic mass is 10.3. The molecule has 24 heavy (non-hydrogen) atoms. The molecule has 0 saturated heterocycles. The summed E-state index contributed by atoms with van der Waals surface area (Å²) in [6.07, 6.45) is 1.79. The van der Waals surface area contributed by atoms with Gasteiger partial charge in [0.1, 0.15) is 12.4 Å². The summed E-state index contributed by atoms with van der Waals surface area (Å²) in [5.41, 5.74) is 0. The SMILES string of the molecule is COCCn1ccc(NC(=O)N(C)CCOc2ccc(Cl)cc2)n1. The van der Waals surface area contributed by atoms with Gasteiger partial charge < -0.3 is 14.4 Å². The lowest BCUT2D eigenvalue weighted by Gasteiger charge is -2.17. The molecule has 0 atom stereocenters. The molecule has 0 spiro atoms. The summed E-state index contributed by atoms with van der Waals surface area (Å²) in [6.45, 7) is 2.03. The average Bonchev–Trinajstić information content (AvgIpc) is 3.02. The van der Waals surface area contributed by atoms with Crippen LogP contribution in [0.3, 0.4) is 0 Å². The molecule has 0 aliphatic rings. The first-order valence-corrected chi connectivity index (χ1v) is 7.89. The smallest absolute Gasteiger partial charge is 0.322 e. The highest BCUT2D eigenvalue weighted by molar-refractivity contribution is 6.30. The van der Waals surface area contributed by atoms with Crippen molar-refractivity contribution in [2.75, 3.05) is 39.2 Å². The van der Waals surface area contributed by atoms with Crippen molar-refractivity contribution < 1.29 is 14.3 Å². The molecule has 1 aromatic carbocycles. The highest BCUT2D eigenvalue weighted by Crippen LogP contribution is 2.15. The van der Waals surface area contributed by atoms with Crippen LogP contribution >= 0.6 is 11.6 Å². The second kappa shape index (κ2) is 9.14. The van der Waals surface area contributed by atoms with Gasteiger partial charge in [-0.05, 0) is 24.3 Å². The molecule has 2 amide bonds. The predicted octanol–water partition coefficient (Wildman–Crippen LogP) is 2.73. The molecule has 1 heterocycles. The Hall–Kier alpha value is -2.25. The molecule has 7 nitrogen and oxygen atoms in total. The van der Waals surface area contributed by atoms with Crippen LogP contribution in [-0.4, -0.2) is 54.6 Å². The second-order valence-electron chi connectivity index (χ2n) is 5.11. The topological polar surface area (TPSA) is 68.6 Å². The number of methoxy groups -OCH3 is 1. The van der Waals surface area contributed by atoms with Crippen molar-refractivity contribution in [2.45, 2.75) is 6.54 Å². The van der Waals surface area contributed by atoms with E-state index in [2.05, 4.69) is 10.4 Å². The van der Waals surface area contributed by atoms with Crippen molar-refractivity contribution in [3.05, 3.63) is 41.6 Å². The van der Waals surface area contributed by atoms with Crippen LogP contribution in [0.25, 0.3) is 0 Å². The van der Waals surface area contributed by atoms with E-state index < -0.39 is 0 Å². The van der Waals surface area contributed by atoms with Crippen molar-refractivity contribution in [2.24, 2.45) is 0 Å². The molecule has 1 aromatic heterocycles. The van der Waals surface area contributed by atoms with Crippen LogP contribution in [-0.2, 0) is 11.3 Å². The second-order valence-corrected chi connectivity index (χ2v) is 5.55. The molecule has 0 aliphatic carbocycles. The molecule has 0 bridgehead atoms. The molecule has 8 heteroatoms. The highest BCUT2D eigenvalue weighted by atomic mass is 35.5. The monoisotopic (exact) mass is 352 g/mol. The van der Waals surface area contributed by atoms with Gasteiger partial charge in [-0.15, -0.1) is 0 Å². The fourth-order valence-electron chi connectivity index (χ4n) is 1.88. The first-order chi connectivity index (χ1) is 11.6. The summed E-state index contributed by atoms with van der Waals surface area (Å²) >= 11 is 5.81. The van der Waals surface area contributed by atoms with Gasteiger partial charge in [0, 0.05) is 31.4 Å². The number of hydrogen-bond donors (Lipinski definition) is 1. The number of benzene rings is 1. The Morgan fingerprint density at radius 1 is 1.29 bits per heavy atom. The van der Waals surface area contributed by atoms with Gasteiger partial charge in [-0.3, -0.25) is 10.00 Å². The van der Waals surface area contributed by atoms with E-state index in [-0.39, 0.29) is 6.03 Å². The van der Waals surface area contributed by atoms with Crippen LogP contribution in [0.5, 0.6) is 5.75 Å². The number of ether oxygens (including phenoxy) is 2. The van der Waals surface area contributed by atoms with Gasteiger partial charge in [0.05, 0.1) is 19.7 Å². The molecule has 0 saturated carbocycles. The first kappa shape index (κ1) is 18.1. The molecule has 1 N–H and O–H groups in total. The van der Waals surface area contributed by atoms with Crippen LogP contribution in [0.4, 0.5) is 10.6 Å². The molecule has 0 radical (unpaired) electrons. The maximum Gasteiger partial charge on any atom is 0.322 e. The fraction of sp³-hybridized carbons (Fsp3) is 0.375. The Bertz CT molecular complexity index is 645. The van der Waals surface area contributed by atoms with Crippen LogP contribution in [0, 0.1) is 0 Å². The summed E-state index contributed by atoms with van der Waals surface area (Å²) in [5, 5.41) is 7.63. The van der Waals surface area contributed by atoms with Crippen molar-refractivity contribution >= 4 is 23.4 Å². The zero-order chi connectivity index (χ0) is 17.4. The lowest BCUT2D eigenvalue weighted by molar-refractivity contribution is 0.183. The van der Waals surface area contributed by atoms with E-state index >= 15 is 0 Å². The number of hydrogen-bond acceptors (Lipinski definition) is 4. The van der Waals surface area contributed by atoms with Crippen LogP contribution in [0.2, 0.25) is 5.02 Å². The number of anilines is 1. The maximum atomic E-state index is 12.1. The molecule has 0 aliphatic heterocycles. The fourth-order valence-corrected chi connectivity index (χ4v) is 2.00. The molecular formula is C16H21ClN4O3. The van der Waals surface area contributed by atoms with E-state index in [1.165, 1.54) is 4.90 Å². The number of carbonyl (C=O) groups is 1. The van der Waals surface area contributed by atoms with Crippen molar-refractivity contribution in [1.29, 1.82) is 0 Å². The summed E-state index contributed by atoms with van der Waals surface area (Å²) in [4.78, 5) is 13.6. The molecule has 0 unspecified atom stereocenters. The minimum atomic E-state index is -0.244. The van der Waals surface area contributed by atoms with Gasteiger partial charge in [0.15, 0.2) is 5.82 Å². The molecule has 0 fully saturated rings. The van der Waals surface area contributed by atoms with E-state index in [0.717, 1.165) is 0 Å². The third-order valence-corrected chi connectivity index (χ3v) is 3.51. The number of nitrogens with zero attached hydrogens (tertiary/aromatic N) is 3. The quantitative estimate of drug-likeness (QED) is 0.793. The van der Waals surface area contributed by atoms with Gasteiger partial charge >= 0.3 is 6.03 Å². The standard InChI is InChI=1S/C16H21ClN4O3/c1-20(9-12-24-14-5-3-13(17)4-6-14)16(22)18-15-7-8-21(19-15)10-11-23-2/h3-8H,9-12H2,1-2H3,(H,18,19,22). The van der Waals surface area contributed by atoms with Crippen molar-refractivity contribution in [3.8, 4) is 5.75 Å². The third-order valence-electron chi connectivity index (χ3n) is 3.26. The molecule has 2 rings (SSSR count). The maximum absolute atomic E-state index is 12.1. The minimum absolute atomic E-state index is 0.244. The number of aromatic nitrogens is 2. The van der Waals surface area contributed by atoms with Crippen LogP contribution < -0.4 is 10.1 Å². The normalized spacial score (nSPS) is 10.5. The molecule has 2 aromatic rings. The van der Waals surface area contributed by atoms with E-state index in [0.29, 0.717) is 42.9 Å².